The first-order chi connectivity index (χ1) is 8.25. The van der Waals surface area contributed by atoms with Gasteiger partial charge < -0.3 is 10.6 Å². The van der Waals surface area contributed by atoms with Crippen molar-refractivity contribution in [1.29, 1.82) is 0 Å². The second kappa shape index (κ2) is 9.09. The van der Waals surface area contributed by atoms with Gasteiger partial charge in [-0.2, -0.15) is 0 Å². The number of halogens is 2. The lowest BCUT2D eigenvalue weighted by Crippen LogP contribution is -2.39. The van der Waals surface area contributed by atoms with E-state index < -0.39 is 0 Å². The summed E-state index contributed by atoms with van der Waals surface area (Å²) in [5.41, 5.74) is 1.24. The van der Waals surface area contributed by atoms with Crippen molar-refractivity contribution < 1.29 is 4.92 Å². The first-order valence-electron chi connectivity index (χ1n) is 5.93. The van der Waals surface area contributed by atoms with Crippen LogP contribution in [-0.4, -0.2) is 24.1 Å². The summed E-state index contributed by atoms with van der Waals surface area (Å²) in [5.74, 6) is 0. The summed E-state index contributed by atoms with van der Waals surface area (Å²) in [6.07, 6.45) is 2.29. The molecule has 2 rings (SSSR count). The predicted molar refractivity (Wildman–Crippen MR) is 80.3 cm³/mol. The largest absolute Gasteiger partial charge is 0.317 e. The van der Waals surface area contributed by atoms with Crippen LogP contribution in [0.3, 0.4) is 0 Å². The summed E-state index contributed by atoms with van der Waals surface area (Å²) in [4.78, 5) is 10.1. The molecule has 0 amide bonds. The molecular weight excluding hydrogens is 289 g/mol. The smallest absolute Gasteiger partial charge is 0.269 e. The molecule has 5 nitrogen and oxygen atoms in total. The number of piperidine rings is 1. The summed E-state index contributed by atoms with van der Waals surface area (Å²) in [6.45, 7) is 2.92. The van der Waals surface area contributed by atoms with Gasteiger partial charge in [-0.15, -0.1) is 24.8 Å². The third-order valence-corrected chi connectivity index (χ3v) is 3.08. The number of non-ortho nitro benzene ring substituents is 1. The van der Waals surface area contributed by atoms with Crippen molar-refractivity contribution in [3.8, 4) is 0 Å². The molecule has 7 heteroatoms. The summed E-state index contributed by atoms with van der Waals surface area (Å²) < 4.78 is 0. The maximum absolute atomic E-state index is 10.5. The van der Waals surface area contributed by atoms with Crippen molar-refractivity contribution in [1.82, 2.24) is 10.6 Å². The fraction of sp³-hybridized carbons (Fsp3) is 0.500. The topological polar surface area (TPSA) is 67.2 Å². The molecule has 0 radical (unpaired) electrons. The van der Waals surface area contributed by atoms with Gasteiger partial charge in [-0.05, 0) is 31.5 Å². The van der Waals surface area contributed by atoms with E-state index in [4.69, 9.17) is 0 Å². The Balaban J connectivity index is 0.00000162. The van der Waals surface area contributed by atoms with Gasteiger partial charge in [0.25, 0.3) is 5.69 Å². The van der Waals surface area contributed by atoms with Gasteiger partial charge in [0.2, 0.25) is 0 Å². The highest BCUT2D eigenvalue weighted by molar-refractivity contribution is 5.85. The molecule has 0 aromatic heterocycles. The average molecular weight is 308 g/mol. The maximum atomic E-state index is 10.5. The molecule has 19 heavy (non-hydrogen) atoms. The number of nitrogens with one attached hydrogen (secondary N) is 2. The molecule has 0 atom stereocenters. The van der Waals surface area contributed by atoms with Crippen molar-refractivity contribution in [3.05, 3.63) is 39.9 Å². The third kappa shape index (κ3) is 5.74. The van der Waals surface area contributed by atoms with E-state index in [9.17, 15) is 10.1 Å². The Labute approximate surface area is 125 Å². The monoisotopic (exact) mass is 307 g/mol. The minimum Gasteiger partial charge on any atom is -0.317 e. The summed E-state index contributed by atoms with van der Waals surface area (Å²) in [6, 6.07) is 7.29. The zero-order valence-corrected chi connectivity index (χ0v) is 12.1. The van der Waals surface area contributed by atoms with Crippen LogP contribution in [0, 0.1) is 10.1 Å². The number of hydrogen-bond acceptors (Lipinski definition) is 4. The molecule has 1 fully saturated rings. The molecule has 0 spiro atoms. The Hall–Kier alpha value is -0.880. The van der Waals surface area contributed by atoms with Gasteiger partial charge in [-0.1, -0.05) is 12.1 Å². The van der Waals surface area contributed by atoms with Crippen molar-refractivity contribution in [2.45, 2.75) is 25.4 Å². The molecule has 1 heterocycles. The minimum absolute atomic E-state index is 0. The molecule has 1 saturated heterocycles. The number of rotatable bonds is 4. The molecule has 108 valence electrons. The van der Waals surface area contributed by atoms with E-state index in [1.54, 1.807) is 12.1 Å². The SMILES string of the molecule is Cl.Cl.O=[N+]([O-])c1ccc(CNC2CCNCC2)cc1. The molecule has 0 aliphatic carbocycles. The highest BCUT2D eigenvalue weighted by Crippen LogP contribution is 2.12. The Morgan fingerprint density at radius 3 is 2.32 bits per heavy atom. The van der Waals surface area contributed by atoms with E-state index in [0.29, 0.717) is 6.04 Å². The van der Waals surface area contributed by atoms with Crippen LogP contribution in [0.15, 0.2) is 24.3 Å². The van der Waals surface area contributed by atoms with Gasteiger partial charge in [0.05, 0.1) is 4.92 Å². The normalized spacial score (nSPS) is 15.2. The Bertz CT molecular complexity index is 381. The fourth-order valence-electron chi connectivity index (χ4n) is 2.02. The van der Waals surface area contributed by atoms with E-state index >= 15 is 0 Å². The Morgan fingerprint density at radius 1 is 1.21 bits per heavy atom. The van der Waals surface area contributed by atoms with Crippen LogP contribution in [0.4, 0.5) is 5.69 Å². The molecule has 2 N–H and O–H groups in total. The lowest BCUT2D eigenvalue weighted by molar-refractivity contribution is -0.384. The number of nitro groups is 1. The molecule has 1 aromatic carbocycles. The lowest BCUT2D eigenvalue weighted by Gasteiger charge is -2.23. The van der Waals surface area contributed by atoms with Crippen molar-refractivity contribution in [2.75, 3.05) is 13.1 Å². The van der Waals surface area contributed by atoms with Gasteiger partial charge in [0, 0.05) is 24.7 Å². The standard InChI is InChI=1S/C12H17N3O2.2ClH/c16-15(17)12-3-1-10(2-4-12)9-14-11-5-7-13-8-6-11;;/h1-4,11,13-14H,5-9H2;2*1H. The van der Waals surface area contributed by atoms with E-state index in [2.05, 4.69) is 10.6 Å². The van der Waals surface area contributed by atoms with Crippen LogP contribution in [0.1, 0.15) is 18.4 Å². The zero-order chi connectivity index (χ0) is 12.1. The highest BCUT2D eigenvalue weighted by Gasteiger charge is 2.12. The average Bonchev–Trinajstić information content (AvgIpc) is 2.38. The zero-order valence-electron chi connectivity index (χ0n) is 10.5. The van der Waals surface area contributed by atoms with Crippen molar-refractivity contribution in [2.24, 2.45) is 0 Å². The minimum atomic E-state index is -0.371. The first kappa shape index (κ1) is 18.1. The van der Waals surface area contributed by atoms with Gasteiger partial charge in [-0.3, -0.25) is 10.1 Å². The van der Waals surface area contributed by atoms with E-state index in [0.717, 1.165) is 38.0 Å². The first-order valence-corrected chi connectivity index (χ1v) is 5.93. The van der Waals surface area contributed by atoms with Crippen LogP contribution in [0.2, 0.25) is 0 Å². The van der Waals surface area contributed by atoms with Gasteiger partial charge in [0.15, 0.2) is 0 Å². The highest BCUT2D eigenvalue weighted by atomic mass is 35.5. The Morgan fingerprint density at radius 2 is 1.79 bits per heavy atom. The lowest BCUT2D eigenvalue weighted by atomic mass is 10.1. The summed E-state index contributed by atoms with van der Waals surface area (Å²) in [5, 5.41) is 17.3. The van der Waals surface area contributed by atoms with Gasteiger partial charge >= 0.3 is 0 Å². The predicted octanol–water partition coefficient (Wildman–Crippen LogP) is 2.28. The molecule has 0 saturated carbocycles. The number of hydrogen-bond donors (Lipinski definition) is 2. The molecule has 1 aliphatic rings. The van der Waals surface area contributed by atoms with Crippen LogP contribution < -0.4 is 10.6 Å². The van der Waals surface area contributed by atoms with Crippen LogP contribution in [0.5, 0.6) is 0 Å². The van der Waals surface area contributed by atoms with E-state index in [1.807, 2.05) is 12.1 Å². The van der Waals surface area contributed by atoms with Crippen LogP contribution in [0.25, 0.3) is 0 Å². The third-order valence-electron chi connectivity index (χ3n) is 3.08. The van der Waals surface area contributed by atoms with E-state index in [-0.39, 0.29) is 35.4 Å². The summed E-state index contributed by atoms with van der Waals surface area (Å²) >= 11 is 0. The molecule has 0 bridgehead atoms. The molecule has 1 aromatic rings. The van der Waals surface area contributed by atoms with Crippen LogP contribution >= 0.6 is 24.8 Å². The van der Waals surface area contributed by atoms with E-state index in [1.165, 1.54) is 0 Å². The van der Waals surface area contributed by atoms with Crippen molar-refractivity contribution >= 4 is 30.5 Å². The Kier molecular flexibility index (Phi) is 8.67. The number of nitrogens with zero attached hydrogens (tertiary/aromatic N) is 1. The van der Waals surface area contributed by atoms with Crippen LogP contribution in [-0.2, 0) is 6.54 Å². The second-order valence-electron chi connectivity index (χ2n) is 4.33. The molecule has 1 aliphatic heterocycles. The van der Waals surface area contributed by atoms with Crippen molar-refractivity contribution in [3.63, 3.8) is 0 Å². The molecular formula is C12H19Cl2N3O2. The number of nitro benzene ring substituents is 1. The van der Waals surface area contributed by atoms with Gasteiger partial charge in [-0.25, -0.2) is 0 Å². The summed E-state index contributed by atoms with van der Waals surface area (Å²) in [7, 11) is 0. The fourth-order valence-corrected chi connectivity index (χ4v) is 2.02. The second-order valence-corrected chi connectivity index (χ2v) is 4.33. The quantitative estimate of drug-likeness (QED) is 0.661. The maximum Gasteiger partial charge on any atom is 0.269 e. The number of benzene rings is 1. The molecule has 0 unspecified atom stereocenters. The van der Waals surface area contributed by atoms with Gasteiger partial charge in [0.1, 0.15) is 0 Å².